The molecule has 0 fully saturated rings. The highest BCUT2D eigenvalue weighted by Gasteiger charge is 2.74. The largest absolute Gasteiger partial charge is 0.481 e. The molecule has 0 aromatic heterocycles. The molecule has 2 atom stereocenters. The average Bonchev–Trinajstić information content (AvgIpc) is 2.44. The van der Waals surface area contributed by atoms with Gasteiger partial charge in [-0.2, -0.15) is 0 Å². The van der Waals surface area contributed by atoms with Gasteiger partial charge in [-0.25, -0.2) is 9.59 Å². The molecule has 0 aliphatic carbocycles. The number of esters is 1. The molecule has 0 heterocycles. The number of carboxylic acids is 3. The zero-order valence-corrected chi connectivity index (χ0v) is 13.5. The molecule has 0 spiro atoms. The van der Waals surface area contributed by atoms with E-state index in [0.717, 1.165) is 6.92 Å². The summed E-state index contributed by atoms with van der Waals surface area (Å²) >= 11 is 0. The van der Waals surface area contributed by atoms with Crippen molar-refractivity contribution in [2.75, 3.05) is 0 Å². The molecule has 0 aromatic carbocycles. The summed E-state index contributed by atoms with van der Waals surface area (Å²) in [6, 6.07) is 0. The third-order valence-electron chi connectivity index (χ3n) is 4.36. The number of carboxylic acid groups (broad SMARTS) is 3. The van der Waals surface area contributed by atoms with Gasteiger partial charge in [-0.05, 0) is 19.3 Å². The van der Waals surface area contributed by atoms with Crippen LogP contribution in [0.25, 0.3) is 0 Å². The fourth-order valence-electron chi connectivity index (χ4n) is 2.98. The molecule has 0 amide bonds. The third-order valence-corrected chi connectivity index (χ3v) is 4.36. The first kappa shape index (κ1) is 20.8. The van der Waals surface area contributed by atoms with E-state index in [0.29, 0.717) is 0 Å². The highest BCUT2D eigenvalue weighted by molar-refractivity contribution is 5.98. The maximum atomic E-state index is 11.8. The second-order valence-electron chi connectivity index (χ2n) is 5.19. The van der Waals surface area contributed by atoms with Gasteiger partial charge in [-0.1, -0.05) is 20.8 Å². The van der Waals surface area contributed by atoms with Crippen molar-refractivity contribution in [3.8, 4) is 0 Å². The van der Waals surface area contributed by atoms with Crippen molar-refractivity contribution in [2.45, 2.75) is 58.2 Å². The van der Waals surface area contributed by atoms with E-state index >= 15 is 0 Å². The summed E-state index contributed by atoms with van der Waals surface area (Å²) in [5.41, 5.74) is -8.70. The van der Waals surface area contributed by atoms with Crippen molar-refractivity contribution in [3.05, 3.63) is 0 Å². The Morgan fingerprint density at radius 2 is 1.26 bits per heavy atom. The molecule has 0 radical (unpaired) electrons. The quantitative estimate of drug-likeness (QED) is 0.440. The van der Waals surface area contributed by atoms with Gasteiger partial charge in [-0.15, -0.1) is 0 Å². The van der Waals surface area contributed by atoms with Crippen LogP contribution in [0.5, 0.6) is 0 Å². The van der Waals surface area contributed by atoms with Crippen molar-refractivity contribution in [1.82, 2.24) is 0 Å². The van der Waals surface area contributed by atoms with Crippen LogP contribution in [-0.2, 0) is 23.9 Å². The molecule has 2 unspecified atom stereocenters. The molecule has 9 nitrogen and oxygen atoms in total. The molecular weight excluding hydrogens is 312 g/mol. The number of carbonyl (C=O) groups excluding carboxylic acids is 1. The summed E-state index contributed by atoms with van der Waals surface area (Å²) in [6.07, 6.45) is -1.42. The molecule has 0 aromatic rings. The summed E-state index contributed by atoms with van der Waals surface area (Å²) in [5, 5.41) is 39.4. The summed E-state index contributed by atoms with van der Waals surface area (Å²) in [5.74, 6) is -6.87. The van der Waals surface area contributed by atoms with E-state index < -0.39 is 59.8 Å². The van der Waals surface area contributed by atoms with Gasteiger partial charge in [0.1, 0.15) is 5.41 Å². The van der Waals surface area contributed by atoms with E-state index in [1.807, 2.05) is 0 Å². The predicted octanol–water partition coefficient (Wildman–Crippen LogP) is 0.490. The van der Waals surface area contributed by atoms with Crippen LogP contribution >= 0.6 is 0 Å². The Morgan fingerprint density at radius 1 is 0.826 bits per heavy atom. The van der Waals surface area contributed by atoms with Gasteiger partial charge in [0.15, 0.2) is 0 Å². The molecule has 0 aliphatic rings. The highest BCUT2D eigenvalue weighted by Crippen LogP contribution is 2.48. The van der Waals surface area contributed by atoms with Crippen LogP contribution in [0.4, 0.5) is 0 Å². The van der Waals surface area contributed by atoms with Crippen molar-refractivity contribution < 1.29 is 44.3 Å². The fourth-order valence-corrected chi connectivity index (χ4v) is 2.98. The van der Waals surface area contributed by atoms with E-state index in [2.05, 4.69) is 0 Å². The molecule has 4 N–H and O–H groups in total. The molecule has 0 rings (SSSR count). The highest BCUT2D eigenvalue weighted by atomic mass is 16.6. The van der Waals surface area contributed by atoms with Crippen molar-refractivity contribution in [2.24, 2.45) is 5.41 Å². The number of ether oxygens (including phenoxy) is 1. The van der Waals surface area contributed by atoms with Gasteiger partial charge in [0.05, 0.1) is 0 Å². The summed E-state index contributed by atoms with van der Waals surface area (Å²) < 4.78 is 4.70. The first-order valence-corrected chi connectivity index (χ1v) is 7.05. The van der Waals surface area contributed by atoms with Gasteiger partial charge >= 0.3 is 23.9 Å². The molecule has 0 saturated heterocycles. The maximum absolute atomic E-state index is 11.8. The second kappa shape index (κ2) is 6.95. The first-order chi connectivity index (χ1) is 10.4. The number of hydrogen-bond acceptors (Lipinski definition) is 6. The molecular formula is C14H22O9. The molecule has 23 heavy (non-hydrogen) atoms. The Morgan fingerprint density at radius 3 is 1.43 bits per heavy atom. The topological polar surface area (TPSA) is 158 Å². The smallest absolute Gasteiger partial charge is 0.351 e. The maximum Gasteiger partial charge on any atom is 0.351 e. The van der Waals surface area contributed by atoms with E-state index in [1.165, 1.54) is 20.8 Å². The number of aliphatic hydroxyl groups is 1. The Kier molecular flexibility index (Phi) is 6.29. The Bertz CT molecular complexity index is 508. The number of hydrogen-bond donors (Lipinski definition) is 4. The molecule has 9 heteroatoms. The Labute approximate surface area is 132 Å². The minimum absolute atomic E-state index is 0.391. The van der Waals surface area contributed by atoms with Crippen molar-refractivity contribution >= 4 is 23.9 Å². The third kappa shape index (κ3) is 2.76. The standard InChI is InChI=1S/C14H22O9/c1-5-12(6-2,9(16)17)14(22,11(20)21)13(7-3,10(18)19)23-8(4)15/h22H,5-7H2,1-4H3,(H,16,17)(H,18,19)(H,20,21). The lowest BCUT2D eigenvalue weighted by molar-refractivity contribution is -0.247. The van der Waals surface area contributed by atoms with Gasteiger partial charge in [0, 0.05) is 6.92 Å². The van der Waals surface area contributed by atoms with Crippen LogP contribution in [0.3, 0.4) is 0 Å². The van der Waals surface area contributed by atoms with E-state index in [4.69, 9.17) is 4.74 Å². The monoisotopic (exact) mass is 334 g/mol. The normalized spacial score (nSPS) is 16.7. The summed E-state index contributed by atoms with van der Waals surface area (Å²) in [6.45, 7) is 4.64. The van der Waals surface area contributed by atoms with Crippen LogP contribution in [0.15, 0.2) is 0 Å². The van der Waals surface area contributed by atoms with Crippen LogP contribution in [0.1, 0.15) is 47.0 Å². The van der Waals surface area contributed by atoms with E-state index in [-0.39, 0.29) is 0 Å². The van der Waals surface area contributed by atoms with Gasteiger partial charge < -0.3 is 25.2 Å². The first-order valence-electron chi connectivity index (χ1n) is 7.05. The zero-order valence-electron chi connectivity index (χ0n) is 13.5. The Balaban J connectivity index is 6.93. The summed E-state index contributed by atoms with van der Waals surface area (Å²) in [7, 11) is 0. The van der Waals surface area contributed by atoms with Crippen LogP contribution in [0.2, 0.25) is 0 Å². The average molecular weight is 334 g/mol. The van der Waals surface area contributed by atoms with Gasteiger partial charge in [-0.3, -0.25) is 9.59 Å². The zero-order chi connectivity index (χ0) is 18.6. The number of carbonyl (C=O) groups is 4. The predicted molar refractivity (Wildman–Crippen MR) is 75.7 cm³/mol. The summed E-state index contributed by atoms with van der Waals surface area (Å²) in [4.78, 5) is 46.6. The fraction of sp³-hybridized carbons (Fsp3) is 0.714. The van der Waals surface area contributed by atoms with Gasteiger partial charge in [0.2, 0.25) is 11.2 Å². The molecule has 0 bridgehead atoms. The number of rotatable bonds is 9. The minimum atomic E-state index is -3.37. The molecule has 0 aliphatic heterocycles. The lowest BCUT2D eigenvalue weighted by Crippen LogP contribution is -2.74. The molecule has 132 valence electrons. The van der Waals surface area contributed by atoms with Crippen molar-refractivity contribution in [1.29, 1.82) is 0 Å². The molecule has 0 saturated carbocycles. The van der Waals surface area contributed by atoms with Crippen LogP contribution in [-0.4, -0.2) is 55.5 Å². The van der Waals surface area contributed by atoms with E-state index in [1.54, 1.807) is 0 Å². The lowest BCUT2D eigenvalue weighted by atomic mass is 9.59. The van der Waals surface area contributed by atoms with Crippen molar-refractivity contribution in [3.63, 3.8) is 0 Å². The minimum Gasteiger partial charge on any atom is -0.481 e. The van der Waals surface area contributed by atoms with Crippen LogP contribution < -0.4 is 0 Å². The SMILES string of the molecule is CCC(CC)(C(=O)O)C(O)(C(=O)O)C(CC)(OC(C)=O)C(=O)O. The van der Waals surface area contributed by atoms with Gasteiger partial charge in [0.25, 0.3) is 0 Å². The number of aliphatic carboxylic acids is 3. The Hall–Kier alpha value is -2.16. The second-order valence-corrected chi connectivity index (χ2v) is 5.19. The lowest BCUT2D eigenvalue weighted by Gasteiger charge is -2.48. The van der Waals surface area contributed by atoms with E-state index in [9.17, 15) is 39.6 Å². The van der Waals surface area contributed by atoms with Crippen LogP contribution in [0, 0.1) is 5.41 Å².